The molecular weight excluding hydrogens is 698 g/mol. The smallest absolute Gasteiger partial charge is 0.416 e. The van der Waals surface area contributed by atoms with Gasteiger partial charge in [0.05, 0.1) is 25.4 Å². The monoisotopic (exact) mass is 731 g/mol. The lowest BCUT2D eigenvalue weighted by molar-refractivity contribution is -0.144. The average molecular weight is 732 g/mol. The maximum atomic E-state index is 15.2. The number of benzene rings is 4. The van der Waals surface area contributed by atoms with Crippen LogP contribution in [0.5, 0.6) is 11.5 Å². The zero-order chi connectivity index (χ0) is 37.6. The average Bonchev–Trinajstić information content (AvgIpc) is 3.11. The van der Waals surface area contributed by atoms with Gasteiger partial charge < -0.3 is 30.4 Å². The molecular formula is C36H34ClF4N3O7. The fourth-order valence-corrected chi connectivity index (χ4v) is 4.44. The standard InChI is InChI=1S/C29H29F4N3O6.C7H5ClO/c1-3-40-23-15-21(22(30)16-24(23)42-14-13-37)25(28(39)41-4-2)35-20-11-7-17(8-12-20)26(34)36-27(38)18-5-9-19(10-6-18)29(31,32)33;8-7(9)6-4-2-1-3-5-6/h5-12,15-16,25,35,37H,3-4,13-14H2,1-2H3,(H2,34,36,38);1-5H. The van der Waals surface area contributed by atoms with E-state index in [0.29, 0.717) is 16.8 Å². The zero-order valence-electron chi connectivity index (χ0n) is 27.4. The number of nitrogens with zero attached hydrogens (tertiary/aromatic N) is 1. The zero-order valence-corrected chi connectivity index (χ0v) is 28.1. The Kier molecular flexibility index (Phi) is 14.9. The minimum absolute atomic E-state index is 0.0353. The van der Waals surface area contributed by atoms with Crippen molar-refractivity contribution in [2.45, 2.75) is 26.1 Å². The Labute approximate surface area is 295 Å². The van der Waals surface area contributed by atoms with Crippen LogP contribution in [0.1, 0.15) is 57.3 Å². The van der Waals surface area contributed by atoms with Crippen LogP contribution < -0.4 is 20.5 Å². The third-order valence-corrected chi connectivity index (χ3v) is 6.94. The molecule has 0 aromatic heterocycles. The molecule has 1 unspecified atom stereocenters. The molecule has 0 saturated carbocycles. The molecule has 0 aliphatic carbocycles. The van der Waals surface area contributed by atoms with Crippen LogP contribution in [0.3, 0.4) is 0 Å². The number of halogens is 5. The molecule has 4 aromatic rings. The molecule has 0 spiro atoms. The molecule has 0 heterocycles. The summed E-state index contributed by atoms with van der Waals surface area (Å²) < 4.78 is 69.5. The van der Waals surface area contributed by atoms with Crippen molar-refractivity contribution in [2.75, 3.05) is 31.7 Å². The van der Waals surface area contributed by atoms with E-state index in [0.717, 1.165) is 30.3 Å². The molecule has 4 N–H and O–H groups in total. The van der Waals surface area contributed by atoms with Crippen molar-refractivity contribution in [3.05, 3.63) is 125 Å². The highest BCUT2D eigenvalue weighted by atomic mass is 35.5. The van der Waals surface area contributed by atoms with Crippen LogP contribution in [0.4, 0.5) is 23.2 Å². The van der Waals surface area contributed by atoms with Gasteiger partial charge in [-0.25, -0.2) is 9.18 Å². The molecule has 4 aromatic carbocycles. The molecule has 10 nitrogen and oxygen atoms in total. The lowest BCUT2D eigenvalue weighted by Gasteiger charge is -2.21. The molecule has 0 aliphatic heterocycles. The second-order valence-electron chi connectivity index (χ2n) is 10.2. The molecule has 0 fully saturated rings. The Hall–Kier alpha value is -5.47. The number of aliphatic imine (C=N–C) groups is 1. The second kappa shape index (κ2) is 19.1. The van der Waals surface area contributed by atoms with Crippen molar-refractivity contribution in [1.29, 1.82) is 0 Å². The van der Waals surface area contributed by atoms with E-state index in [1.165, 1.54) is 30.3 Å². The van der Waals surface area contributed by atoms with Gasteiger partial charge in [-0.2, -0.15) is 18.2 Å². The number of alkyl halides is 3. The third kappa shape index (κ3) is 11.8. The van der Waals surface area contributed by atoms with E-state index in [1.807, 2.05) is 6.07 Å². The number of ether oxygens (including phenoxy) is 3. The van der Waals surface area contributed by atoms with Crippen molar-refractivity contribution in [3.63, 3.8) is 0 Å². The summed E-state index contributed by atoms with van der Waals surface area (Å²) in [6, 6.07) is 19.3. The number of nitrogens with one attached hydrogen (secondary N) is 1. The Bertz CT molecular complexity index is 1800. The van der Waals surface area contributed by atoms with Gasteiger partial charge in [0.1, 0.15) is 18.3 Å². The highest BCUT2D eigenvalue weighted by Crippen LogP contribution is 2.35. The molecule has 4 rings (SSSR count). The van der Waals surface area contributed by atoms with Gasteiger partial charge in [-0.1, -0.05) is 30.3 Å². The first-order valence-corrected chi connectivity index (χ1v) is 15.7. The first kappa shape index (κ1) is 40.0. The van der Waals surface area contributed by atoms with Gasteiger partial charge >= 0.3 is 12.1 Å². The predicted molar refractivity (Wildman–Crippen MR) is 183 cm³/mol. The van der Waals surface area contributed by atoms with E-state index < -0.39 is 40.7 Å². The lowest BCUT2D eigenvalue weighted by Crippen LogP contribution is -2.25. The van der Waals surface area contributed by atoms with Crippen LogP contribution in [0.15, 0.2) is 96.0 Å². The van der Waals surface area contributed by atoms with Crippen LogP contribution in [0, 0.1) is 5.82 Å². The number of carbonyl (C=O) groups excluding carboxylic acids is 3. The number of nitrogens with two attached hydrogens (primary N) is 1. The Morgan fingerprint density at radius 3 is 2.00 bits per heavy atom. The summed E-state index contributed by atoms with van der Waals surface area (Å²) in [6.07, 6.45) is -4.54. The number of esters is 1. The fraction of sp³-hybridized carbons (Fsp3) is 0.222. The maximum absolute atomic E-state index is 15.2. The van der Waals surface area contributed by atoms with E-state index in [2.05, 4.69) is 10.3 Å². The molecule has 0 radical (unpaired) electrons. The first-order valence-electron chi connectivity index (χ1n) is 15.3. The molecule has 51 heavy (non-hydrogen) atoms. The number of amidine groups is 1. The molecule has 0 bridgehead atoms. The minimum atomic E-state index is -4.54. The topological polar surface area (TPSA) is 150 Å². The molecule has 15 heteroatoms. The maximum Gasteiger partial charge on any atom is 0.416 e. The number of amides is 1. The predicted octanol–water partition coefficient (Wildman–Crippen LogP) is 6.94. The SMILES string of the molecule is CCOC(=O)C(Nc1ccc(C(N)=NC(=O)c2ccc(C(F)(F)F)cc2)cc1)c1cc(OCC)c(OCCO)cc1F.O=C(Cl)c1ccccc1. The largest absolute Gasteiger partial charge is 0.490 e. The summed E-state index contributed by atoms with van der Waals surface area (Å²) in [5.74, 6) is -2.37. The molecule has 0 saturated heterocycles. The summed E-state index contributed by atoms with van der Waals surface area (Å²) in [5, 5.41) is 11.5. The third-order valence-electron chi connectivity index (χ3n) is 6.72. The van der Waals surface area contributed by atoms with Gasteiger partial charge in [-0.3, -0.25) is 9.59 Å². The summed E-state index contributed by atoms with van der Waals surface area (Å²) in [4.78, 5) is 39.4. The molecule has 1 amide bonds. The van der Waals surface area contributed by atoms with Crippen molar-refractivity contribution >= 4 is 40.2 Å². The Morgan fingerprint density at radius 2 is 1.47 bits per heavy atom. The number of aliphatic hydroxyl groups is 1. The van der Waals surface area contributed by atoms with E-state index >= 15 is 4.39 Å². The van der Waals surface area contributed by atoms with Crippen LogP contribution in [0.25, 0.3) is 0 Å². The molecule has 0 aliphatic rings. The van der Waals surface area contributed by atoms with Gasteiger partial charge in [0.15, 0.2) is 17.5 Å². The summed E-state index contributed by atoms with van der Waals surface area (Å²) in [6.45, 7) is 3.19. The van der Waals surface area contributed by atoms with Crippen molar-refractivity contribution in [1.82, 2.24) is 0 Å². The van der Waals surface area contributed by atoms with Crippen molar-refractivity contribution < 1.29 is 51.3 Å². The first-order chi connectivity index (χ1) is 24.3. The number of carbonyl (C=O) groups is 3. The van der Waals surface area contributed by atoms with E-state index in [4.69, 9.17) is 36.7 Å². The van der Waals surface area contributed by atoms with Crippen LogP contribution >= 0.6 is 11.6 Å². The number of aliphatic hydroxyl groups excluding tert-OH is 1. The van der Waals surface area contributed by atoms with Gasteiger partial charge in [0.2, 0.25) is 0 Å². The van der Waals surface area contributed by atoms with Crippen LogP contribution in [-0.2, 0) is 15.7 Å². The summed E-state index contributed by atoms with van der Waals surface area (Å²) in [5.41, 5.74) is 6.08. The number of hydrogen-bond acceptors (Lipinski definition) is 8. The number of rotatable bonds is 13. The summed E-state index contributed by atoms with van der Waals surface area (Å²) in [7, 11) is 0. The van der Waals surface area contributed by atoms with Crippen LogP contribution in [-0.4, -0.2) is 54.5 Å². The lowest BCUT2D eigenvalue weighted by atomic mass is 10.0. The van der Waals surface area contributed by atoms with Crippen molar-refractivity contribution in [3.8, 4) is 11.5 Å². The van der Waals surface area contributed by atoms with Crippen molar-refractivity contribution in [2.24, 2.45) is 10.7 Å². The molecule has 1 atom stereocenters. The highest BCUT2D eigenvalue weighted by molar-refractivity contribution is 6.67. The van der Waals surface area contributed by atoms with E-state index in [9.17, 15) is 27.6 Å². The van der Waals surface area contributed by atoms with Gasteiger partial charge in [0, 0.05) is 34.0 Å². The fourth-order valence-electron chi connectivity index (χ4n) is 4.31. The highest BCUT2D eigenvalue weighted by Gasteiger charge is 2.30. The Morgan fingerprint density at radius 1 is 0.863 bits per heavy atom. The quantitative estimate of drug-likeness (QED) is 0.0437. The Balaban J connectivity index is 0.000000676. The van der Waals surface area contributed by atoms with Crippen LogP contribution in [0.2, 0.25) is 0 Å². The summed E-state index contributed by atoms with van der Waals surface area (Å²) >= 11 is 5.16. The number of hydrogen-bond donors (Lipinski definition) is 3. The minimum Gasteiger partial charge on any atom is -0.490 e. The van der Waals surface area contributed by atoms with E-state index in [-0.39, 0.29) is 54.9 Å². The van der Waals surface area contributed by atoms with Gasteiger partial charge in [-0.15, -0.1) is 0 Å². The normalized spacial score (nSPS) is 11.8. The molecule has 270 valence electrons. The number of anilines is 1. The van der Waals surface area contributed by atoms with Gasteiger partial charge in [0.25, 0.3) is 11.1 Å². The van der Waals surface area contributed by atoms with E-state index in [1.54, 1.807) is 38.1 Å². The second-order valence-corrected chi connectivity index (χ2v) is 10.6. The van der Waals surface area contributed by atoms with Gasteiger partial charge in [-0.05, 0) is 80.0 Å².